The second kappa shape index (κ2) is 10.9. The third-order valence-corrected chi connectivity index (χ3v) is 11.7. The molecule has 0 amide bonds. The smallest absolute Gasteiger partial charge is 0.232 e. The van der Waals surface area contributed by atoms with Crippen LogP contribution in [0.3, 0.4) is 0 Å². The number of benzene rings is 4. The van der Waals surface area contributed by atoms with Gasteiger partial charge in [0.2, 0.25) is 0 Å². The molecule has 0 N–H and O–H groups in total. The number of thiophene rings is 1. The van der Waals surface area contributed by atoms with Crippen LogP contribution in [0.4, 0.5) is 13.2 Å². The van der Waals surface area contributed by atoms with Crippen molar-refractivity contribution < 1.29 is 17.7 Å². The number of hydrogen-bond donors (Lipinski definition) is 0. The van der Waals surface area contributed by atoms with E-state index in [1.807, 2.05) is 6.07 Å². The zero-order chi connectivity index (χ0) is 32.8. The van der Waals surface area contributed by atoms with Gasteiger partial charge in [-0.25, -0.2) is 9.55 Å². The Kier molecular flexibility index (Phi) is 7.33. The van der Waals surface area contributed by atoms with Crippen molar-refractivity contribution in [2.45, 2.75) is 72.4 Å². The molecule has 8 heteroatoms. The number of hydrogen-bond acceptors (Lipinski definition) is 3. The van der Waals surface area contributed by atoms with Crippen molar-refractivity contribution in [1.82, 2.24) is 9.55 Å². The molecule has 0 saturated heterocycles. The number of halogens is 3. The van der Waals surface area contributed by atoms with Gasteiger partial charge in [-0.1, -0.05) is 84.0 Å². The third-order valence-electron chi connectivity index (χ3n) is 9.18. The van der Waals surface area contributed by atoms with Crippen molar-refractivity contribution >= 4 is 64.1 Å². The summed E-state index contributed by atoms with van der Waals surface area (Å²) in [6, 6.07) is 21.3. The van der Waals surface area contributed by atoms with Gasteiger partial charge in [0.25, 0.3) is 5.82 Å². The van der Waals surface area contributed by atoms with E-state index in [2.05, 4.69) is 118 Å². The monoisotopic (exact) mass is 656 g/mol. The number of aromatic nitrogens is 3. The number of aryl methyl sites for hydroxylation is 2. The minimum absolute atomic E-state index is 0.286. The summed E-state index contributed by atoms with van der Waals surface area (Å²) in [7, 11) is 2.13. The summed E-state index contributed by atoms with van der Waals surface area (Å²) in [5.74, 6) is 2.04. The largest absolute Gasteiger partial charge is 0.443 e. The Morgan fingerprint density at radius 3 is 2.02 bits per heavy atom. The van der Waals surface area contributed by atoms with Gasteiger partial charge in [-0.15, -0.1) is 22.7 Å². The molecule has 3 nitrogen and oxygen atoms in total. The summed E-state index contributed by atoms with van der Waals surface area (Å²) >= 11 is 2.32. The molecule has 0 bridgehead atoms. The van der Waals surface area contributed by atoms with E-state index in [0.717, 1.165) is 59.5 Å². The predicted molar refractivity (Wildman–Crippen MR) is 188 cm³/mol. The highest BCUT2D eigenvalue weighted by molar-refractivity contribution is 7.31. The Bertz CT molecular complexity index is 2290. The highest BCUT2D eigenvalue weighted by Crippen LogP contribution is 2.48. The number of fused-ring (bicyclic) bond motifs is 6. The van der Waals surface area contributed by atoms with E-state index in [1.165, 1.54) is 22.4 Å². The van der Waals surface area contributed by atoms with Crippen molar-refractivity contribution in [3.63, 3.8) is 0 Å². The standard InChI is InChI=1S/C38H37F3N3S2/c1-19(2)23-17-26(20(3)4)32(27(18-23)21(5)6)44-30-12-10-9-11-29(30)43(8)36(44)31-22(7)13-14-24-25-15-16-28-35(34(25)45-33(24)31)46-37(42-28)38(39,40)41/h9-21H,1-8H3/q+1. The third kappa shape index (κ3) is 4.67. The summed E-state index contributed by atoms with van der Waals surface area (Å²) in [4.78, 5) is 3.96. The first kappa shape index (κ1) is 30.9. The van der Waals surface area contributed by atoms with Gasteiger partial charge >= 0.3 is 6.18 Å². The number of para-hydroxylation sites is 2. The van der Waals surface area contributed by atoms with Gasteiger partial charge in [-0.05, 0) is 54.0 Å². The van der Waals surface area contributed by atoms with Crippen molar-refractivity contribution in [3.8, 4) is 17.1 Å². The topological polar surface area (TPSA) is 21.7 Å². The van der Waals surface area contributed by atoms with E-state index in [-0.39, 0.29) is 11.8 Å². The second-order valence-corrected chi connectivity index (χ2v) is 15.3. The predicted octanol–water partition coefficient (Wildman–Crippen LogP) is 11.8. The van der Waals surface area contributed by atoms with Crippen LogP contribution in [-0.2, 0) is 13.2 Å². The van der Waals surface area contributed by atoms with E-state index in [9.17, 15) is 13.2 Å². The van der Waals surface area contributed by atoms with Crippen LogP contribution in [-0.4, -0.2) is 9.55 Å². The van der Waals surface area contributed by atoms with Crippen LogP contribution in [0.1, 0.15) is 86.6 Å². The van der Waals surface area contributed by atoms with E-state index in [0.29, 0.717) is 16.1 Å². The Hall–Kier alpha value is -3.75. The lowest BCUT2D eigenvalue weighted by Crippen LogP contribution is -2.30. The highest BCUT2D eigenvalue weighted by Gasteiger charge is 2.36. The molecule has 46 heavy (non-hydrogen) atoms. The average Bonchev–Trinajstić information content (AvgIpc) is 3.68. The second-order valence-electron chi connectivity index (χ2n) is 13.3. The van der Waals surface area contributed by atoms with Gasteiger partial charge in [-0.2, -0.15) is 17.7 Å². The van der Waals surface area contributed by atoms with Crippen LogP contribution in [0.15, 0.2) is 60.7 Å². The Balaban J connectivity index is 1.64. The van der Waals surface area contributed by atoms with Crippen molar-refractivity contribution in [2.24, 2.45) is 7.05 Å². The first-order chi connectivity index (χ1) is 21.8. The number of imidazole rings is 1. The van der Waals surface area contributed by atoms with Gasteiger partial charge in [0.1, 0.15) is 5.69 Å². The number of thiazole rings is 1. The molecule has 3 aromatic heterocycles. The molecule has 4 aromatic carbocycles. The fourth-order valence-corrected chi connectivity index (χ4v) is 9.23. The quantitative estimate of drug-likeness (QED) is 0.169. The zero-order valence-corrected chi connectivity index (χ0v) is 28.9. The molecule has 7 aromatic rings. The Morgan fingerprint density at radius 1 is 0.761 bits per heavy atom. The molecule has 3 heterocycles. The lowest BCUT2D eigenvalue weighted by Gasteiger charge is -2.22. The van der Waals surface area contributed by atoms with E-state index in [1.54, 1.807) is 17.4 Å². The van der Waals surface area contributed by atoms with Crippen LogP contribution in [0.2, 0.25) is 0 Å². The first-order valence-corrected chi connectivity index (χ1v) is 17.4. The fraction of sp³-hybridized carbons (Fsp3) is 0.316. The molecule has 7 rings (SSSR count). The summed E-state index contributed by atoms with van der Waals surface area (Å²) in [5, 5.41) is 1.20. The van der Waals surface area contributed by atoms with Gasteiger partial charge < -0.3 is 0 Å². The van der Waals surface area contributed by atoms with Crippen LogP contribution in [0, 0.1) is 6.92 Å². The normalized spacial score (nSPS) is 12.8. The van der Waals surface area contributed by atoms with Gasteiger partial charge in [0.15, 0.2) is 16.0 Å². The summed E-state index contributed by atoms with van der Waals surface area (Å²) < 4.78 is 48.4. The SMILES string of the molecule is Cc1ccc2c(sc3c2ccc2nc(C(F)(F)F)sc23)c1-c1n(-c2c(C(C)C)cc(C(C)C)cc2C(C)C)c2ccccc2[n+]1C. The van der Waals surface area contributed by atoms with Gasteiger partial charge in [0, 0.05) is 21.9 Å². The fourth-order valence-electron chi connectivity index (χ4n) is 6.78. The Morgan fingerprint density at radius 2 is 1.39 bits per heavy atom. The van der Waals surface area contributed by atoms with Crippen LogP contribution >= 0.6 is 22.7 Å². The maximum Gasteiger partial charge on any atom is 0.443 e. The van der Waals surface area contributed by atoms with Crippen molar-refractivity contribution in [2.75, 3.05) is 0 Å². The molecule has 0 aliphatic heterocycles. The van der Waals surface area contributed by atoms with Crippen LogP contribution in [0.5, 0.6) is 0 Å². The maximum atomic E-state index is 13.7. The molecule has 0 aliphatic rings. The van der Waals surface area contributed by atoms with Crippen LogP contribution < -0.4 is 4.57 Å². The summed E-state index contributed by atoms with van der Waals surface area (Å²) in [6.45, 7) is 15.7. The van der Waals surface area contributed by atoms with E-state index >= 15 is 0 Å². The Labute approximate surface area is 274 Å². The van der Waals surface area contributed by atoms with Crippen molar-refractivity contribution in [3.05, 3.63) is 87.9 Å². The first-order valence-electron chi connectivity index (χ1n) is 15.8. The minimum atomic E-state index is -4.48. The van der Waals surface area contributed by atoms with E-state index < -0.39 is 11.2 Å². The van der Waals surface area contributed by atoms with Gasteiger partial charge in [-0.3, -0.25) is 0 Å². The maximum absolute atomic E-state index is 13.7. The number of rotatable bonds is 5. The molecule has 0 aliphatic carbocycles. The van der Waals surface area contributed by atoms with Crippen molar-refractivity contribution in [1.29, 1.82) is 0 Å². The lowest BCUT2D eigenvalue weighted by molar-refractivity contribution is -0.633. The van der Waals surface area contributed by atoms with Gasteiger partial charge in [0.05, 0.1) is 32.2 Å². The highest BCUT2D eigenvalue weighted by atomic mass is 32.1. The zero-order valence-electron chi connectivity index (χ0n) is 27.3. The molecular formula is C38H37F3N3S2+. The number of nitrogens with zero attached hydrogens (tertiary/aromatic N) is 3. The molecule has 0 atom stereocenters. The molecule has 236 valence electrons. The molecular weight excluding hydrogens is 620 g/mol. The van der Waals surface area contributed by atoms with E-state index in [4.69, 9.17) is 0 Å². The van der Waals surface area contributed by atoms with Crippen LogP contribution in [0.25, 0.3) is 58.5 Å². The summed E-state index contributed by atoms with van der Waals surface area (Å²) in [5.41, 5.74) is 10.0. The summed E-state index contributed by atoms with van der Waals surface area (Å²) in [6.07, 6.45) is -4.48. The molecule has 0 spiro atoms. The molecule has 0 saturated carbocycles. The lowest BCUT2D eigenvalue weighted by atomic mass is 9.87. The molecule has 0 fully saturated rings. The number of alkyl halides is 3. The molecule has 0 radical (unpaired) electrons. The molecule has 0 unspecified atom stereocenters. The average molecular weight is 657 g/mol. The minimum Gasteiger partial charge on any atom is -0.232 e.